The third kappa shape index (κ3) is 4.23. The molecule has 0 fully saturated rings. The second-order valence-corrected chi connectivity index (χ2v) is 4.83. The summed E-state index contributed by atoms with van der Waals surface area (Å²) in [4.78, 5) is 11.2. The lowest BCUT2D eigenvalue weighted by atomic mass is 9.81. The Morgan fingerprint density at radius 3 is 2.12 bits per heavy atom. The van der Waals surface area contributed by atoms with E-state index in [-0.39, 0.29) is 17.6 Å². The smallest absolute Gasteiger partial charge is 0.407 e. The van der Waals surface area contributed by atoms with Crippen LogP contribution in [0.4, 0.5) is 4.79 Å². The molecule has 0 aromatic rings. The molecule has 0 aromatic carbocycles. The SMILES string of the molecule is C=C([C@@H](NC(=O)OC)[C@@H](C)OC)C(C)(C)C. The Morgan fingerprint density at radius 1 is 1.31 bits per heavy atom. The first-order valence-corrected chi connectivity index (χ1v) is 5.30. The van der Waals surface area contributed by atoms with E-state index in [1.54, 1.807) is 7.11 Å². The Labute approximate surface area is 98.0 Å². The van der Waals surface area contributed by atoms with Crippen LogP contribution in [0.25, 0.3) is 0 Å². The van der Waals surface area contributed by atoms with Gasteiger partial charge in [-0.2, -0.15) is 0 Å². The first kappa shape index (κ1) is 15.0. The quantitative estimate of drug-likeness (QED) is 0.753. The highest BCUT2D eigenvalue weighted by atomic mass is 16.5. The van der Waals surface area contributed by atoms with Crippen molar-refractivity contribution in [1.82, 2.24) is 5.32 Å². The molecule has 16 heavy (non-hydrogen) atoms. The van der Waals surface area contributed by atoms with Crippen LogP contribution in [0.3, 0.4) is 0 Å². The van der Waals surface area contributed by atoms with Gasteiger partial charge in [0.15, 0.2) is 0 Å². The minimum Gasteiger partial charge on any atom is -0.453 e. The van der Waals surface area contributed by atoms with Crippen LogP contribution in [-0.2, 0) is 9.47 Å². The molecule has 0 heterocycles. The van der Waals surface area contributed by atoms with Crippen LogP contribution in [0.1, 0.15) is 27.7 Å². The number of methoxy groups -OCH3 is 2. The van der Waals surface area contributed by atoms with E-state index in [0.717, 1.165) is 5.57 Å². The molecule has 0 saturated carbocycles. The molecule has 4 nitrogen and oxygen atoms in total. The van der Waals surface area contributed by atoms with Crippen molar-refractivity contribution in [2.75, 3.05) is 14.2 Å². The molecule has 2 atom stereocenters. The summed E-state index contributed by atoms with van der Waals surface area (Å²) in [6.45, 7) is 12.1. The van der Waals surface area contributed by atoms with Gasteiger partial charge in [-0.1, -0.05) is 27.4 Å². The third-order valence-electron chi connectivity index (χ3n) is 2.64. The lowest BCUT2D eigenvalue weighted by molar-refractivity contribution is 0.0839. The van der Waals surface area contributed by atoms with Crippen molar-refractivity contribution >= 4 is 6.09 Å². The van der Waals surface area contributed by atoms with Crippen molar-refractivity contribution in [1.29, 1.82) is 0 Å². The highest BCUT2D eigenvalue weighted by molar-refractivity contribution is 5.68. The molecular formula is C12H23NO3. The summed E-state index contributed by atoms with van der Waals surface area (Å²) >= 11 is 0. The predicted molar refractivity (Wildman–Crippen MR) is 64.4 cm³/mol. The van der Waals surface area contributed by atoms with Gasteiger partial charge in [-0.05, 0) is 17.9 Å². The Hall–Kier alpha value is -1.03. The molecule has 1 amide bonds. The van der Waals surface area contributed by atoms with E-state index >= 15 is 0 Å². The number of rotatable bonds is 4. The van der Waals surface area contributed by atoms with Crippen molar-refractivity contribution in [3.63, 3.8) is 0 Å². The number of amides is 1. The minimum absolute atomic E-state index is 0.0987. The van der Waals surface area contributed by atoms with Gasteiger partial charge in [0.2, 0.25) is 0 Å². The average Bonchev–Trinajstić information content (AvgIpc) is 2.22. The van der Waals surface area contributed by atoms with E-state index in [1.165, 1.54) is 7.11 Å². The van der Waals surface area contributed by atoms with E-state index in [1.807, 2.05) is 27.7 Å². The third-order valence-corrected chi connectivity index (χ3v) is 2.64. The fraction of sp³-hybridized carbons (Fsp3) is 0.750. The first-order chi connectivity index (χ1) is 7.23. The molecule has 0 radical (unpaired) electrons. The van der Waals surface area contributed by atoms with Gasteiger partial charge in [0.1, 0.15) is 0 Å². The number of carbonyl (C=O) groups excluding carboxylic acids is 1. The van der Waals surface area contributed by atoms with Crippen LogP contribution in [0.5, 0.6) is 0 Å². The Kier molecular flexibility index (Phi) is 5.51. The zero-order chi connectivity index (χ0) is 12.9. The van der Waals surface area contributed by atoms with Gasteiger partial charge in [-0.15, -0.1) is 0 Å². The molecule has 0 unspecified atom stereocenters. The molecule has 0 bridgehead atoms. The highest BCUT2D eigenvalue weighted by Gasteiger charge is 2.29. The maximum atomic E-state index is 11.2. The second-order valence-electron chi connectivity index (χ2n) is 4.83. The van der Waals surface area contributed by atoms with Gasteiger partial charge in [-0.3, -0.25) is 0 Å². The molecule has 0 aromatic heterocycles. The highest BCUT2D eigenvalue weighted by Crippen LogP contribution is 2.28. The average molecular weight is 229 g/mol. The number of carbonyl (C=O) groups is 1. The maximum Gasteiger partial charge on any atom is 0.407 e. The van der Waals surface area contributed by atoms with E-state index in [2.05, 4.69) is 16.6 Å². The van der Waals surface area contributed by atoms with Gasteiger partial charge in [-0.25, -0.2) is 4.79 Å². The lowest BCUT2D eigenvalue weighted by Crippen LogP contribution is -2.46. The summed E-state index contributed by atoms with van der Waals surface area (Å²) in [5.41, 5.74) is 0.811. The summed E-state index contributed by atoms with van der Waals surface area (Å²) in [5.74, 6) is 0. The normalized spacial score (nSPS) is 15.1. The molecule has 1 N–H and O–H groups in total. The number of nitrogens with one attached hydrogen (secondary N) is 1. The van der Waals surface area contributed by atoms with E-state index in [9.17, 15) is 4.79 Å². The van der Waals surface area contributed by atoms with E-state index in [4.69, 9.17) is 4.74 Å². The Morgan fingerprint density at radius 2 is 1.81 bits per heavy atom. The molecule has 0 rings (SSSR count). The maximum absolute atomic E-state index is 11.2. The van der Waals surface area contributed by atoms with Gasteiger partial charge in [0.25, 0.3) is 0 Å². The minimum atomic E-state index is -0.473. The Bertz CT molecular complexity index is 255. The molecule has 0 aliphatic rings. The van der Waals surface area contributed by atoms with Crippen molar-refractivity contribution < 1.29 is 14.3 Å². The van der Waals surface area contributed by atoms with Crippen LogP contribution in [0.2, 0.25) is 0 Å². The van der Waals surface area contributed by atoms with E-state index < -0.39 is 6.09 Å². The summed E-state index contributed by atoms with van der Waals surface area (Å²) in [5, 5.41) is 2.74. The number of alkyl carbamates (subject to hydrolysis) is 1. The van der Waals surface area contributed by atoms with Crippen LogP contribution >= 0.6 is 0 Å². The van der Waals surface area contributed by atoms with Crippen LogP contribution in [-0.4, -0.2) is 32.5 Å². The summed E-state index contributed by atoms with van der Waals surface area (Å²) in [7, 11) is 2.94. The van der Waals surface area contributed by atoms with Crippen LogP contribution in [0, 0.1) is 5.41 Å². The molecule has 94 valence electrons. The van der Waals surface area contributed by atoms with Crippen molar-refractivity contribution in [2.45, 2.75) is 39.8 Å². The topological polar surface area (TPSA) is 47.6 Å². The number of hydrogen-bond acceptors (Lipinski definition) is 3. The van der Waals surface area contributed by atoms with Crippen LogP contribution in [0.15, 0.2) is 12.2 Å². The Balaban J connectivity index is 4.81. The van der Waals surface area contributed by atoms with Crippen molar-refractivity contribution in [3.05, 3.63) is 12.2 Å². The fourth-order valence-corrected chi connectivity index (χ4v) is 1.28. The number of ether oxygens (including phenoxy) is 2. The molecule has 0 aliphatic carbocycles. The predicted octanol–water partition coefficient (Wildman–Crippen LogP) is 2.35. The van der Waals surface area contributed by atoms with Gasteiger partial charge in [0, 0.05) is 7.11 Å². The van der Waals surface area contributed by atoms with Gasteiger partial charge in [0.05, 0.1) is 19.3 Å². The fourth-order valence-electron chi connectivity index (χ4n) is 1.28. The van der Waals surface area contributed by atoms with Gasteiger partial charge >= 0.3 is 6.09 Å². The summed E-state index contributed by atoms with van der Waals surface area (Å²) in [6.07, 6.45) is -0.620. The molecule has 0 aliphatic heterocycles. The monoisotopic (exact) mass is 229 g/mol. The van der Waals surface area contributed by atoms with E-state index in [0.29, 0.717) is 0 Å². The number of hydrogen-bond donors (Lipinski definition) is 1. The van der Waals surface area contributed by atoms with Crippen molar-refractivity contribution in [2.24, 2.45) is 5.41 Å². The zero-order valence-electron chi connectivity index (χ0n) is 11.1. The molecule has 4 heteroatoms. The molecular weight excluding hydrogens is 206 g/mol. The van der Waals surface area contributed by atoms with Crippen molar-refractivity contribution in [3.8, 4) is 0 Å². The largest absolute Gasteiger partial charge is 0.453 e. The second kappa shape index (κ2) is 5.89. The zero-order valence-corrected chi connectivity index (χ0v) is 11.1. The first-order valence-electron chi connectivity index (χ1n) is 5.30. The molecule has 0 spiro atoms. The summed E-state index contributed by atoms with van der Waals surface area (Å²) < 4.78 is 9.83. The van der Waals surface area contributed by atoms with Crippen LogP contribution < -0.4 is 5.32 Å². The lowest BCUT2D eigenvalue weighted by Gasteiger charge is -2.32. The molecule has 0 saturated heterocycles. The standard InChI is InChI=1S/C12H23NO3/c1-8(12(3,4)5)10(9(2)15-6)13-11(14)16-7/h9-10H,1H2,2-7H3,(H,13,14)/t9-,10-/m1/s1. The summed E-state index contributed by atoms with van der Waals surface area (Å²) in [6, 6.07) is -0.252. The van der Waals surface area contributed by atoms with Gasteiger partial charge < -0.3 is 14.8 Å².